The van der Waals surface area contributed by atoms with Gasteiger partial charge in [-0.3, -0.25) is 9.89 Å². The molecule has 1 saturated heterocycles. The fraction of sp³-hybridized carbons (Fsp3) is 0.895. The SMILES string of the molecule is CCCC(CN=C(NCC)NC1CCN(CC(F)(F)F)C1)NC(=O)OC(C)(C)C. The van der Waals surface area contributed by atoms with Crippen molar-refractivity contribution >= 4 is 12.1 Å². The Bertz CT molecular complexity index is 535. The molecule has 170 valence electrons. The van der Waals surface area contributed by atoms with Crippen molar-refractivity contribution in [3.8, 4) is 0 Å². The lowest BCUT2D eigenvalue weighted by molar-refractivity contribution is -0.143. The Kier molecular flexibility index (Phi) is 10.0. The zero-order valence-electron chi connectivity index (χ0n) is 18.2. The first-order chi connectivity index (χ1) is 13.4. The Morgan fingerprint density at radius 3 is 2.52 bits per heavy atom. The number of aliphatic imine (C=N–C) groups is 1. The third-order valence-electron chi connectivity index (χ3n) is 4.19. The van der Waals surface area contributed by atoms with E-state index in [2.05, 4.69) is 20.9 Å². The van der Waals surface area contributed by atoms with Gasteiger partial charge in [0.1, 0.15) is 5.60 Å². The topological polar surface area (TPSA) is 78.0 Å². The summed E-state index contributed by atoms with van der Waals surface area (Å²) in [5, 5.41) is 9.16. The summed E-state index contributed by atoms with van der Waals surface area (Å²) in [7, 11) is 0. The molecule has 0 aromatic heterocycles. The molecule has 1 fully saturated rings. The normalized spacial score (nSPS) is 19.7. The molecule has 1 rings (SSSR count). The number of amides is 1. The lowest BCUT2D eigenvalue weighted by Crippen LogP contribution is -2.46. The molecule has 0 bridgehead atoms. The summed E-state index contributed by atoms with van der Waals surface area (Å²) in [6.45, 7) is 10.1. The van der Waals surface area contributed by atoms with Crippen LogP contribution in [-0.2, 0) is 4.74 Å². The van der Waals surface area contributed by atoms with E-state index >= 15 is 0 Å². The molecule has 0 spiro atoms. The maximum absolute atomic E-state index is 12.6. The zero-order chi connectivity index (χ0) is 22.1. The molecular formula is C19H36F3N5O2. The van der Waals surface area contributed by atoms with Crippen LogP contribution in [-0.4, -0.2) is 73.5 Å². The van der Waals surface area contributed by atoms with E-state index in [1.807, 2.05) is 13.8 Å². The number of likely N-dealkylation sites (tertiary alicyclic amines) is 1. The smallest absolute Gasteiger partial charge is 0.407 e. The molecule has 0 aromatic carbocycles. The molecule has 0 saturated carbocycles. The molecule has 3 N–H and O–H groups in total. The van der Waals surface area contributed by atoms with Crippen molar-refractivity contribution in [2.45, 2.75) is 77.7 Å². The van der Waals surface area contributed by atoms with Gasteiger partial charge in [0.05, 0.1) is 19.1 Å². The zero-order valence-corrected chi connectivity index (χ0v) is 18.2. The van der Waals surface area contributed by atoms with Gasteiger partial charge in [0.25, 0.3) is 0 Å². The summed E-state index contributed by atoms with van der Waals surface area (Å²) < 4.78 is 43.0. The van der Waals surface area contributed by atoms with Crippen molar-refractivity contribution in [3.05, 3.63) is 0 Å². The van der Waals surface area contributed by atoms with Crippen LogP contribution in [0.1, 0.15) is 53.9 Å². The molecule has 10 heteroatoms. The number of rotatable bonds is 8. The second-order valence-electron chi connectivity index (χ2n) is 8.33. The molecule has 0 aliphatic carbocycles. The molecule has 2 unspecified atom stereocenters. The van der Waals surface area contributed by atoms with Crippen molar-refractivity contribution in [3.63, 3.8) is 0 Å². The minimum Gasteiger partial charge on any atom is -0.444 e. The first-order valence-electron chi connectivity index (χ1n) is 10.2. The number of nitrogens with one attached hydrogen (secondary N) is 3. The fourth-order valence-electron chi connectivity index (χ4n) is 3.09. The van der Waals surface area contributed by atoms with Gasteiger partial charge in [0.2, 0.25) is 0 Å². The van der Waals surface area contributed by atoms with Gasteiger partial charge in [0, 0.05) is 25.7 Å². The van der Waals surface area contributed by atoms with Gasteiger partial charge in [-0.15, -0.1) is 0 Å². The predicted octanol–water partition coefficient (Wildman–Crippen LogP) is 2.87. The number of alkyl halides is 3. The largest absolute Gasteiger partial charge is 0.444 e. The lowest BCUT2D eigenvalue weighted by atomic mass is 10.1. The summed E-state index contributed by atoms with van der Waals surface area (Å²) in [4.78, 5) is 18.0. The standard InChI is InChI=1S/C19H36F3N5O2/c1-6-8-14(26-17(28)29-18(3,4)5)11-24-16(23-7-2)25-15-9-10-27(12-15)13-19(20,21)22/h14-15H,6-13H2,1-5H3,(H,26,28)(H2,23,24,25). The number of halogens is 3. The van der Waals surface area contributed by atoms with Gasteiger partial charge < -0.3 is 20.7 Å². The van der Waals surface area contributed by atoms with Crippen molar-refractivity contribution in [2.75, 3.05) is 32.7 Å². The number of guanidine groups is 1. The molecule has 2 atom stereocenters. The van der Waals surface area contributed by atoms with Gasteiger partial charge in [0.15, 0.2) is 5.96 Å². The van der Waals surface area contributed by atoms with Gasteiger partial charge in [-0.05, 0) is 40.5 Å². The highest BCUT2D eigenvalue weighted by Crippen LogP contribution is 2.19. The number of carbonyl (C=O) groups is 1. The number of carbonyl (C=O) groups excluding carboxylic acids is 1. The number of alkyl carbamates (subject to hydrolysis) is 1. The minimum atomic E-state index is -4.19. The molecule has 0 aromatic rings. The molecule has 1 heterocycles. The Balaban J connectivity index is 2.62. The van der Waals surface area contributed by atoms with E-state index in [1.165, 1.54) is 4.90 Å². The van der Waals surface area contributed by atoms with E-state index in [4.69, 9.17) is 4.74 Å². The highest BCUT2D eigenvalue weighted by atomic mass is 19.4. The lowest BCUT2D eigenvalue weighted by Gasteiger charge is -2.23. The van der Waals surface area contributed by atoms with E-state index in [-0.39, 0.29) is 12.1 Å². The van der Waals surface area contributed by atoms with Gasteiger partial charge in [-0.25, -0.2) is 4.79 Å². The van der Waals surface area contributed by atoms with Crippen LogP contribution < -0.4 is 16.0 Å². The molecule has 0 radical (unpaired) electrons. The van der Waals surface area contributed by atoms with E-state index in [9.17, 15) is 18.0 Å². The summed E-state index contributed by atoms with van der Waals surface area (Å²) >= 11 is 0. The van der Waals surface area contributed by atoms with Gasteiger partial charge in [-0.2, -0.15) is 13.2 Å². The molecule has 1 aliphatic heterocycles. The van der Waals surface area contributed by atoms with Crippen molar-refractivity contribution < 1.29 is 22.7 Å². The van der Waals surface area contributed by atoms with Crippen LogP contribution in [0.3, 0.4) is 0 Å². The molecule has 1 amide bonds. The number of nitrogens with zero attached hydrogens (tertiary/aromatic N) is 2. The number of hydrogen-bond acceptors (Lipinski definition) is 4. The third kappa shape index (κ3) is 11.8. The Morgan fingerprint density at radius 1 is 1.28 bits per heavy atom. The van der Waals surface area contributed by atoms with E-state index in [1.54, 1.807) is 20.8 Å². The maximum Gasteiger partial charge on any atom is 0.407 e. The third-order valence-corrected chi connectivity index (χ3v) is 4.19. The minimum absolute atomic E-state index is 0.0985. The van der Waals surface area contributed by atoms with Crippen LogP contribution >= 0.6 is 0 Å². The first kappa shape index (κ1) is 25.3. The van der Waals surface area contributed by atoms with Crippen LogP contribution in [0, 0.1) is 0 Å². The molecule has 29 heavy (non-hydrogen) atoms. The highest BCUT2D eigenvalue weighted by Gasteiger charge is 2.34. The Morgan fingerprint density at radius 2 is 1.97 bits per heavy atom. The summed E-state index contributed by atoms with van der Waals surface area (Å²) in [5.74, 6) is 0.540. The predicted molar refractivity (Wildman–Crippen MR) is 108 cm³/mol. The van der Waals surface area contributed by atoms with E-state index in [0.717, 1.165) is 12.8 Å². The van der Waals surface area contributed by atoms with Crippen LogP contribution in [0.25, 0.3) is 0 Å². The molecular weight excluding hydrogens is 387 g/mol. The molecule has 1 aliphatic rings. The monoisotopic (exact) mass is 423 g/mol. The first-order valence-corrected chi connectivity index (χ1v) is 10.2. The second-order valence-corrected chi connectivity index (χ2v) is 8.33. The Hall–Kier alpha value is -1.71. The van der Waals surface area contributed by atoms with Crippen molar-refractivity contribution in [1.82, 2.24) is 20.9 Å². The Labute approximate surface area is 171 Å². The summed E-state index contributed by atoms with van der Waals surface area (Å²) in [6, 6.07) is -0.283. The average Bonchev–Trinajstić information content (AvgIpc) is 2.95. The fourth-order valence-corrected chi connectivity index (χ4v) is 3.09. The summed E-state index contributed by atoms with van der Waals surface area (Å²) in [5.41, 5.74) is -0.578. The highest BCUT2D eigenvalue weighted by molar-refractivity contribution is 5.80. The number of ether oxygens (including phenoxy) is 1. The van der Waals surface area contributed by atoms with Crippen LogP contribution in [0.15, 0.2) is 4.99 Å². The van der Waals surface area contributed by atoms with Crippen molar-refractivity contribution in [2.24, 2.45) is 4.99 Å². The van der Waals surface area contributed by atoms with E-state index < -0.39 is 24.4 Å². The van der Waals surface area contributed by atoms with Crippen molar-refractivity contribution in [1.29, 1.82) is 0 Å². The summed E-state index contributed by atoms with van der Waals surface area (Å²) in [6.07, 6.45) is -2.44. The quantitative estimate of drug-likeness (QED) is 0.413. The van der Waals surface area contributed by atoms with Crippen LogP contribution in [0.2, 0.25) is 0 Å². The maximum atomic E-state index is 12.6. The van der Waals surface area contributed by atoms with Gasteiger partial charge >= 0.3 is 12.3 Å². The van der Waals surface area contributed by atoms with Gasteiger partial charge in [-0.1, -0.05) is 13.3 Å². The van der Waals surface area contributed by atoms with Crippen LogP contribution in [0.5, 0.6) is 0 Å². The second kappa shape index (κ2) is 11.5. The van der Waals surface area contributed by atoms with Crippen LogP contribution in [0.4, 0.5) is 18.0 Å². The van der Waals surface area contributed by atoms with E-state index in [0.29, 0.717) is 38.6 Å². The number of hydrogen-bond donors (Lipinski definition) is 3. The average molecular weight is 424 g/mol. The molecule has 7 nitrogen and oxygen atoms in total.